The quantitative estimate of drug-likeness (QED) is 0.780. The zero-order valence-electron chi connectivity index (χ0n) is 9.18. The minimum absolute atomic E-state index is 0.305. The van der Waals surface area contributed by atoms with Gasteiger partial charge in [0.2, 0.25) is 0 Å². The van der Waals surface area contributed by atoms with E-state index < -0.39 is 0 Å². The molecule has 1 saturated carbocycles. The molecule has 0 bridgehead atoms. The lowest BCUT2D eigenvalue weighted by atomic mass is 10.1. The minimum atomic E-state index is 0.305. The van der Waals surface area contributed by atoms with Crippen LogP contribution in [0, 0.1) is 12.8 Å². The van der Waals surface area contributed by atoms with E-state index in [9.17, 15) is 4.79 Å². The van der Waals surface area contributed by atoms with Crippen LogP contribution in [-0.2, 0) is 11.2 Å². The summed E-state index contributed by atoms with van der Waals surface area (Å²) in [5.41, 5.74) is 2.89. The van der Waals surface area contributed by atoms with Gasteiger partial charge in [-0.2, -0.15) is 5.10 Å². The van der Waals surface area contributed by atoms with Crippen molar-refractivity contribution in [1.82, 2.24) is 14.6 Å². The molecule has 4 heteroatoms. The van der Waals surface area contributed by atoms with Crippen molar-refractivity contribution in [2.75, 3.05) is 0 Å². The largest absolute Gasteiger partial charge is 0.299 e. The summed E-state index contributed by atoms with van der Waals surface area (Å²) in [5.74, 6) is 0.640. The molecule has 0 unspecified atom stereocenters. The van der Waals surface area contributed by atoms with Gasteiger partial charge in [0.25, 0.3) is 0 Å². The fraction of sp³-hybridized carbons (Fsp3) is 0.417. The normalized spacial score (nSPS) is 15.6. The van der Waals surface area contributed by atoms with E-state index in [1.807, 2.05) is 19.1 Å². The highest BCUT2D eigenvalue weighted by atomic mass is 16.1. The van der Waals surface area contributed by atoms with Crippen molar-refractivity contribution in [3.05, 3.63) is 29.7 Å². The molecule has 2 aromatic rings. The number of rotatable bonds is 3. The summed E-state index contributed by atoms with van der Waals surface area (Å²) in [7, 11) is 0. The van der Waals surface area contributed by atoms with Crippen molar-refractivity contribution in [2.24, 2.45) is 5.92 Å². The Balaban J connectivity index is 2.00. The predicted molar refractivity (Wildman–Crippen MR) is 59.2 cm³/mol. The maximum Gasteiger partial charge on any atom is 0.155 e. The third kappa shape index (κ3) is 1.60. The van der Waals surface area contributed by atoms with E-state index in [2.05, 4.69) is 10.1 Å². The van der Waals surface area contributed by atoms with E-state index in [0.29, 0.717) is 18.1 Å². The Labute approximate surface area is 93.3 Å². The van der Waals surface area contributed by atoms with Crippen LogP contribution in [0.5, 0.6) is 0 Å². The van der Waals surface area contributed by atoms with Gasteiger partial charge in [0.15, 0.2) is 5.65 Å². The molecule has 0 aliphatic heterocycles. The molecule has 4 nitrogen and oxygen atoms in total. The molecule has 0 atom stereocenters. The summed E-state index contributed by atoms with van der Waals surface area (Å²) in [6.45, 7) is 2.01. The SMILES string of the molecule is Cc1cc(CC(=O)C2CC2)n2ncnc2c1. The van der Waals surface area contributed by atoms with E-state index in [-0.39, 0.29) is 0 Å². The molecule has 0 saturated heterocycles. The first-order valence-corrected chi connectivity index (χ1v) is 5.56. The summed E-state index contributed by atoms with van der Waals surface area (Å²) < 4.78 is 1.76. The number of Topliss-reactive ketones (excluding diaryl/α,β-unsaturated/α-hetero) is 1. The molecule has 0 N–H and O–H groups in total. The number of ketones is 1. The lowest BCUT2D eigenvalue weighted by Crippen LogP contribution is -2.09. The van der Waals surface area contributed by atoms with E-state index in [4.69, 9.17) is 0 Å². The first-order chi connectivity index (χ1) is 7.74. The Bertz CT molecular complexity index is 554. The molecule has 1 aliphatic rings. The highest BCUT2D eigenvalue weighted by molar-refractivity contribution is 5.85. The molecule has 3 rings (SSSR count). The Morgan fingerprint density at radius 2 is 2.31 bits per heavy atom. The van der Waals surface area contributed by atoms with Crippen LogP contribution in [0.25, 0.3) is 5.65 Å². The van der Waals surface area contributed by atoms with Gasteiger partial charge < -0.3 is 0 Å². The summed E-state index contributed by atoms with van der Waals surface area (Å²) >= 11 is 0. The highest BCUT2D eigenvalue weighted by Crippen LogP contribution is 2.31. The molecule has 82 valence electrons. The van der Waals surface area contributed by atoms with Gasteiger partial charge in [0, 0.05) is 12.3 Å². The van der Waals surface area contributed by atoms with Crippen molar-refractivity contribution >= 4 is 11.4 Å². The van der Waals surface area contributed by atoms with Crippen molar-refractivity contribution < 1.29 is 4.79 Å². The summed E-state index contributed by atoms with van der Waals surface area (Å²) in [5, 5.41) is 4.15. The Kier molecular flexibility index (Phi) is 2.02. The van der Waals surface area contributed by atoms with Gasteiger partial charge in [0.1, 0.15) is 12.1 Å². The van der Waals surface area contributed by atoms with Crippen LogP contribution >= 0.6 is 0 Å². The second-order valence-corrected chi connectivity index (χ2v) is 4.47. The Morgan fingerprint density at radius 3 is 3.06 bits per heavy atom. The van der Waals surface area contributed by atoms with E-state index in [0.717, 1.165) is 29.7 Å². The molecule has 2 heterocycles. The fourth-order valence-corrected chi connectivity index (χ4v) is 1.99. The van der Waals surface area contributed by atoms with Gasteiger partial charge in [-0.25, -0.2) is 9.50 Å². The van der Waals surface area contributed by atoms with Gasteiger partial charge in [-0.05, 0) is 37.5 Å². The molecule has 0 amide bonds. The first kappa shape index (κ1) is 9.51. The van der Waals surface area contributed by atoms with Crippen LogP contribution in [0.3, 0.4) is 0 Å². The van der Waals surface area contributed by atoms with Gasteiger partial charge in [-0.3, -0.25) is 4.79 Å². The molecule has 1 fully saturated rings. The lowest BCUT2D eigenvalue weighted by molar-refractivity contribution is -0.119. The highest BCUT2D eigenvalue weighted by Gasteiger charge is 2.29. The summed E-state index contributed by atoms with van der Waals surface area (Å²) in [4.78, 5) is 15.9. The second kappa shape index (κ2) is 3.40. The third-order valence-corrected chi connectivity index (χ3v) is 2.99. The van der Waals surface area contributed by atoms with Crippen molar-refractivity contribution in [1.29, 1.82) is 0 Å². The smallest absolute Gasteiger partial charge is 0.155 e. The average Bonchev–Trinajstić information content (AvgIpc) is 2.98. The van der Waals surface area contributed by atoms with Crippen LogP contribution < -0.4 is 0 Å². The molecule has 2 aromatic heterocycles. The van der Waals surface area contributed by atoms with E-state index in [1.54, 1.807) is 4.52 Å². The zero-order valence-corrected chi connectivity index (χ0v) is 9.18. The molecular formula is C12H13N3O. The first-order valence-electron chi connectivity index (χ1n) is 5.56. The van der Waals surface area contributed by atoms with Gasteiger partial charge >= 0.3 is 0 Å². The van der Waals surface area contributed by atoms with E-state index in [1.165, 1.54) is 6.33 Å². The monoisotopic (exact) mass is 215 g/mol. The number of carbonyl (C=O) groups is 1. The Morgan fingerprint density at radius 1 is 1.50 bits per heavy atom. The van der Waals surface area contributed by atoms with Crippen molar-refractivity contribution in [2.45, 2.75) is 26.2 Å². The molecule has 16 heavy (non-hydrogen) atoms. The molecule has 1 aliphatic carbocycles. The molecule has 0 aromatic carbocycles. The van der Waals surface area contributed by atoms with Crippen LogP contribution in [0.2, 0.25) is 0 Å². The second-order valence-electron chi connectivity index (χ2n) is 4.47. The standard InChI is InChI=1S/C12H13N3O/c1-8-4-10(6-11(16)9-2-3-9)15-12(5-8)13-7-14-15/h4-5,7,9H,2-3,6H2,1H3. The topological polar surface area (TPSA) is 47.3 Å². The molecule has 0 radical (unpaired) electrons. The third-order valence-electron chi connectivity index (χ3n) is 2.99. The zero-order chi connectivity index (χ0) is 11.1. The minimum Gasteiger partial charge on any atom is -0.299 e. The number of fused-ring (bicyclic) bond motifs is 1. The van der Waals surface area contributed by atoms with Crippen molar-refractivity contribution in [3.63, 3.8) is 0 Å². The Hall–Kier alpha value is -1.71. The number of hydrogen-bond acceptors (Lipinski definition) is 3. The lowest BCUT2D eigenvalue weighted by Gasteiger charge is -2.04. The van der Waals surface area contributed by atoms with Crippen LogP contribution in [0.15, 0.2) is 18.5 Å². The van der Waals surface area contributed by atoms with E-state index >= 15 is 0 Å². The van der Waals surface area contributed by atoms with Crippen LogP contribution in [0.1, 0.15) is 24.1 Å². The number of hydrogen-bond donors (Lipinski definition) is 0. The number of nitrogens with zero attached hydrogens (tertiary/aromatic N) is 3. The van der Waals surface area contributed by atoms with Crippen LogP contribution in [-0.4, -0.2) is 20.4 Å². The maximum atomic E-state index is 11.8. The van der Waals surface area contributed by atoms with Crippen molar-refractivity contribution in [3.8, 4) is 0 Å². The van der Waals surface area contributed by atoms with Gasteiger partial charge in [0.05, 0.1) is 5.69 Å². The summed E-state index contributed by atoms with van der Waals surface area (Å²) in [6, 6.07) is 3.99. The number of pyridine rings is 1. The average molecular weight is 215 g/mol. The fourth-order valence-electron chi connectivity index (χ4n) is 1.99. The van der Waals surface area contributed by atoms with Gasteiger partial charge in [-0.15, -0.1) is 0 Å². The molecule has 0 spiro atoms. The number of aromatic nitrogens is 3. The number of carbonyl (C=O) groups excluding carboxylic acids is 1. The number of aryl methyl sites for hydroxylation is 1. The molecular weight excluding hydrogens is 202 g/mol. The summed E-state index contributed by atoms with van der Waals surface area (Å²) in [6.07, 6.45) is 4.13. The van der Waals surface area contributed by atoms with Gasteiger partial charge in [-0.1, -0.05) is 0 Å². The predicted octanol–water partition coefficient (Wildman–Crippen LogP) is 1.56. The maximum absolute atomic E-state index is 11.8. The van der Waals surface area contributed by atoms with Crippen LogP contribution in [0.4, 0.5) is 0 Å².